The second-order valence-electron chi connectivity index (χ2n) is 4.59. The number of nitrogens with two attached hydrogens (primary N) is 1. The van der Waals surface area contributed by atoms with E-state index in [4.69, 9.17) is 5.73 Å². The van der Waals surface area contributed by atoms with Gasteiger partial charge in [-0.05, 0) is 17.7 Å². The number of rotatable bonds is 4. The molecule has 1 aromatic carbocycles. The standard InChI is InChI=1S/C15H15N5O/c16-15-19-11-7-4-8-17-13(11)14(20-15)18-12(9-21)10-5-2-1-3-6-10/h1-8,12,21H,9H2,(H3,16,18,19,20). The maximum Gasteiger partial charge on any atom is 0.222 e. The van der Waals surface area contributed by atoms with Crippen molar-refractivity contribution in [2.75, 3.05) is 17.7 Å². The van der Waals surface area contributed by atoms with Crippen LogP contribution in [0.25, 0.3) is 11.0 Å². The number of nitrogens with one attached hydrogen (secondary N) is 1. The molecule has 0 saturated carbocycles. The first-order valence-corrected chi connectivity index (χ1v) is 6.58. The summed E-state index contributed by atoms with van der Waals surface area (Å²) in [5.41, 5.74) is 7.98. The Balaban J connectivity index is 2.00. The molecule has 0 aliphatic carbocycles. The Morgan fingerprint density at radius 1 is 1.10 bits per heavy atom. The van der Waals surface area contributed by atoms with Crippen LogP contribution >= 0.6 is 0 Å². The van der Waals surface area contributed by atoms with Gasteiger partial charge in [0.05, 0.1) is 18.2 Å². The number of anilines is 2. The third-order valence-corrected chi connectivity index (χ3v) is 3.17. The lowest BCUT2D eigenvalue weighted by Crippen LogP contribution is -2.16. The normalized spacial score (nSPS) is 12.2. The summed E-state index contributed by atoms with van der Waals surface area (Å²) in [6.45, 7) is -0.0672. The topological polar surface area (TPSA) is 97.0 Å². The van der Waals surface area contributed by atoms with Crippen molar-refractivity contribution in [3.05, 3.63) is 54.2 Å². The lowest BCUT2D eigenvalue weighted by Gasteiger charge is -2.18. The Morgan fingerprint density at radius 3 is 2.67 bits per heavy atom. The van der Waals surface area contributed by atoms with Crippen molar-refractivity contribution in [3.8, 4) is 0 Å². The fourth-order valence-corrected chi connectivity index (χ4v) is 2.17. The summed E-state index contributed by atoms with van der Waals surface area (Å²) < 4.78 is 0. The van der Waals surface area contributed by atoms with Crippen LogP contribution in [0.4, 0.5) is 11.8 Å². The molecule has 0 bridgehead atoms. The van der Waals surface area contributed by atoms with Gasteiger partial charge >= 0.3 is 0 Å². The van der Waals surface area contributed by atoms with Crippen LogP contribution in [0.2, 0.25) is 0 Å². The monoisotopic (exact) mass is 281 g/mol. The zero-order valence-corrected chi connectivity index (χ0v) is 11.3. The molecule has 0 aliphatic heterocycles. The predicted octanol–water partition coefficient (Wildman–Crippen LogP) is 1.75. The summed E-state index contributed by atoms with van der Waals surface area (Å²) >= 11 is 0. The number of aliphatic hydroxyl groups is 1. The van der Waals surface area contributed by atoms with Crippen LogP contribution in [-0.4, -0.2) is 26.7 Å². The highest BCUT2D eigenvalue weighted by atomic mass is 16.3. The minimum Gasteiger partial charge on any atom is -0.394 e. The molecule has 0 spiro atoms. The van der Waals surface area contributed by atoms with Gasteiger partial charge in [-0.2, -0.15) is 4.98 Å². The van der Waals surface area contributed by atoms with Gasteiger partial charge in [0.25, 0.3) is 0 Å². The lowest BCUT2D eigenvalue weighted by molar-refractivity contribution is 0.276. The van der Waals surface area contributed by atoms with Crippen LogP contribution in [0.5, 0.6) is 0 Å². The molecule has 6 nitrogen and oxygen atoms in total. The van der Waals surface area contributed by atoms with E-state index in [-0.39, 0.29) is 18.6 Å². The average molecular weight is 281 g/mol. The highest BCUT2D eigenvalue weighted by molar-refractivity contribution is 5.86. The lowest BCUT2D eigenvalue weighted by atomic mass is 10.1. The molecular formula is C15H15N5O. The Morgan fingerprint density at radius 2 is 1.90 bits per heavy atom. The summed E-state index contributed by atoms with van der Waals surface area (Å²) in [4.78, 5) is 12.6. The number of hydrogen-bond acceptors (Lipinski definition) is 6. The zero-order valence-electron chi connectivity index (χ0n) is 11.3. The van der Waals surface area contributed by atoms with Crippen molar-refractivity contribution >= 4 is 22.8 Å². The van der Waals surface area contributed by atoms with E-state index < -0.39 is 0 Å². The Hall–Kier alpha value is -2.73. The van der Waals surface area contributed by atoms with E-state index in [9.17, 15) is 5.11 Å². The third kappa shape index (κ3) is 2.75. The first-order chi connectivity index (χ1) is 10.3. The van der Waals surface area contributed by atoms with E-state index in [1.807, 2.05) is 36.4 Å². The van der Waals surface area contributed by atoms with Gasteiger partial charge in [-0.25, -0.2) is 4.98 Å². The highest BCUT2D eigenvalue weighted by Gasteiger charge is 2.14. The Kier molecular flexibility index (Phi) is 3.61. The number of benzene rings is 1. The summed E-state index contributed by atoms with van der Waals surface area (Å²) in [7, 11) is 0. The zero-order chi connectivity index (χ0) is 14.7. The smallest absolute Gasteiger partial charge is 0.222 e. The first kappa shape index (κ1) is 13.3. The summed E-state index contributed by atoms with van der Waals surface area (Å²) in [5.74, 6) is 0.684. The van der Waals surface area contributed by atoms with Gasteiger partial charge in [0, 0.05) is 6.20 Å². The van der Waals surface area contributed by atoms with E-state index in [1.165, 1.54) is 0 Å². The minimum atomic E-state index is -0.286. The molecule has 2 heterocycles. The number of aromatic nitrogens is 3. The summed E-state index contributed by atoms with van der Waals surface area (Å²) in [6, 6.07) is 13.0. The molecule has 0 amide bonds. The molecule has 1 unspecified atom stereocenters. The number of hydrogen-bond donors (Lipinski definition) is 3. The van der Waals surface area contributed by atoms with E-state index >= 15 is 0 Å². The Labute approximate surface area is 121 Å². The van der Waals surface area contributed by atoms with Crippen LogP contribution in [0, 0.1) is 0 Å². The Bertz CT molecular complexity index is 747. The van der Waals surface area contributed by atoms with Gasteiger partial charge in [0.1, 0.15) is 5.52 Å². The van der Waals surface area contributed by atoms with Gasteiger partial charge < -0.3 is 16.2 Å². The molecule has 0 fully saturated rings. The summed E-state index contributed by atoms with van der Waals surface area (Å²) in [5, 5.41) is 12.8. The summed E-state index contributed by atoms with van der Waals surface area (Å²) in [6.07, 6.45) is 1.67. The second-order valence-corrected chi connectivity index (χ2v) is 4.59. The number of fused-ring (bicyclic) bond motifs is 1. The van der Waals surface area contributed by atoms with Crippen LogP contribution < -0.4 is 11.1 Å². The first-order valence-electron chi connectivity index (χ1n) is 6.58. The molecule has 0 radical (unpaired) electrons. The van der Waals surface area contributed by atoms with Crippen LogP contribution in [-0.2, 0) is 0 Å². The van der Waals surface area contributed by atoms with Gasteiger partial charge in [0.2, 0.25) is 5.95 Å². The molecule has 21 heavy (non-hydrogen) atoms. The van der Waals surface area contributed by atoms with E-state index in [2.05, 4.69) is 20.3 Å². The van der Waals surface area contributed by atoms with E-state index in [1.54, 1.807) is 12.3 Å². The van der Waals surface area contributed by atoms with Crippen molar-refractivity contribution < 1.29 is 5.11 Å². The van der Waals surface area contributed by atoms with Crippen LogP contribution in [0.3, 0.4) is 0 Å². The van der Waals surface area contributed by atoms with Crippen molar-refractivity contribution in [1.82, 2.24) is 15.0 Å². The average Bonchev–Trinajstić information content (AvgIpc) is 2.53. The maximum atomic E-state index is 9.62. The molecule has 3 rings (SSSR count). The SMILES string of the molecule is Nc1nc(NC(CO)c2ccccc2)c2ncccc2n1. The van der Waals surface area contributed by atoms with Gasteiger partial charge in [0.15, 0.2) is 5.82 Å². The van der Waals surface area contributed by atoms with E-state index in [0.717, 1.165) is 5.56 Å². The highest BCUT2D eigenvalue weighted by Crippen LogP contribution is 2.23. The fraction of sp³-hybridized carbons (Fsp3) is 0.133. The van der Waals surface area contributed by atoms with Gasteiger partial charge in [-0.3, -0.25) is 4.98 Å². The second kappa shape index (κ2) is 5.72. The van der Waals surface area contributed by atoms with Gasteiger partial charge in [-0.15, -0.1) is 0 Å². The van der Waals surface area contributed by atoms with Crippen LogP contribution in [0.15, 0.2) is 48.7 Å². The molecule has 0 aliphatic rings. The van der Waals surface area contributed by atoms with Crippen molar-refractivity contribution in [2.45, 2.75) is 6.04 Å². The molecule has 4 N–H and O–H groups in total. The van der Waals surface area contributed by atoms with Crippen molar-refractivity contribution in [3.63, 3.8) is 0 Å². The molecular weight excluding hydrogens is 266 g/mol. The largest absolute Gasteiger partial charge is 0.394 e. The number of nitrogens with zero attached hydrogens (tertiary/aromatic N) is 3. The molecule has 6 heteroatoms. The quantitative estimate of drug-likeness (QED) is 0.674. The maximum absolute atomic E-state index is 9.62. The molecule has 106 valence electrons. The molecule has 2 aromatic heterocycles. The minimum absolute atomic E-state index is 0.0672. The van der Waals surface area contributed by atoms with Crippen molar-refractivity contribution in [2.24, 2.45) is 0 Å². The number of nitrogen functional groups attached to an aromatic ring is 1. The number of pyridine rings is 1. The third-order valence-electron chi connectivity index (χ3n) is 3.17. The molecule has 0 saturated heterocycles. The number of aliphatic hydroxyl groups excluding tert-OH is 1. The van der Waals surface area contributed by atoms with Crippen molar-refractivity contribution in [1.29, 1.82) is 0 Å². The predicted molar refractivity (Wildman–Crippen MR) is 81.6 cm³/mol. The van der Waals surface area contributed by atoms with Gasteiger partial charge in [-0.1, -0.05) is 30.3 Å². The van der Waals surface area contributed by atoms with E-state index in [0.29, 0.717) is 16.9 Å². The molecule has 3 aromatic rings. The van der Waals surface area contributed by atoms with Crippen LogP contribution in [0.1, 0.15) is 11.6 Å². The fourth-order valence-electron chi connectivity index (χ4n) is 2.17. The molecule has 1 atom stereocenters.